The van der Waals surface area contributed by atoms with Crippen LogP contribution >= 0.6 is 0 Å². The van der Waals surface area contributed by atoms with Gasteiger partial charge in [0.15, 0.2) is 0 Å². The van der Waals surface area contributed by atoms with Crippen LogP contribution in [0.4, 0.5) is 5.69 Å². The number of aryl methyl sites for hydroxylation is 1. The van der Waals surface area contributed by atoms with Crippen LogP contribution in [0.1, 0.15) is 12.6 Å². The molecule has 150 valence electrons. The summed E-state index contributed by atoms with van der Waals surface area (Å²) in [5, 5.41) is 3.23. The molecule has 0 bridgehead atoms. The molecular formula is C22H19N5O3. The Balaban J connectivity index is 1.55. The molecule has 2 N–H and O–H groups in total. The van der Waals surface area contributed by atoms with Crippen LogP contribution in [0, 0.1) is 0 Å². The Labute approximate surface area is 171 Å². The Morgan fingerprint density at radius 2 is 1.93 bits per heavy atom. The molecule has 0 atom stereocenters. The zero-order chi connectivity index (χ0) is 21.1. The van der Waals surface area contributed by atoms with Gasteiger partial charge in [-0.15, -0.1) is 0 Å². The lowest BCUT2D eigenvalue weighted by molar-refractivity contribution is -0.116. The van der Waals surface area contributed by atoms with E-state index in [1.165, 1.54) is 17.0 Å². The summed E-state index contributed by atoms with van der Waals surface area (Å²) < 4.78 is 1.27. The summed E-state index contributed by atoms with van der Waals surface area (Å²) in [6.45, 7) is 1.76. The smallest absolute Gasteiger partial charge is 0.261 e. The molecule has 0 saturated carbocycles. The fourth-order valence-corrected chi connectivity index (χ4v) is 3.14. The number of aromatic nitrogens is 4. The first-order valence-electron chi connectivity index (χ1n) is 9.48. The second-order valence-corrected chi connectivity index (χ2v) is 6.76. The molecule has 0 saturated heterocycles. The highest BCUT2D eigenvalue weighted by molar-refractivity contribution is 5.91. The van der Waals surface area contributed by atoms with Crippen LogP contribution in [0.15, 0.2) is 70.5 Å². The third-order valence-electron chi connectivity index (χ3n) is 4.62. The summed E-state index contributed by atoms with van der Waals surface area (Å²) in [6, 6.07) is 15.5. The zero-order valence-electron chi connectivity index (χ0n) is 16.3. The van der Waals surface area contributed by atoms with E-state index in [0.717, 1.165) is 0 Å². The molecule has 0 aliphatic carbocycles. The summed E-state index contributed by atoms with van der Waals surface area (Å²) in [7, 11) is 0. The van der Waals surface area contributed by atoms with E-state index in [1.54, 1.807) is 48.5 Å². The van der Waals surface area contributed by atoms with E-state index in [9.17, 15) is 14.4 Å². The minimum atomic E-state index is -0.366. The summed E-state index contributed by atoms with van der Waals surface area (Å²) in [5.74, 6) is 0.0699. The maximum absolute atomic E-state index is 12.5. The molecule has 1 amide bonds. The number of hydrogen-bond acceptors (Lipinski definition) is 5. The normalized spacial score (nSPS) is 10.8. The first kappa shape index (κ1) is 19.3. The number of H-pyrrole nitrogens is 1. The zero-order valence-corrected chi connectivity index (χ0v) is 16.3. The van der Waals surface area contributed by atoms with Crippen LogP contribution in [-0.2, 0) is 17.8 Å². The van der Waals surface area contributed by atoms with Crippen LogP contribution in [-0.4, -0.2) is 25.4 Å². The minimum Gasteiger partial charge on any atom is -0.325 e. The molecule has 2 aromatic heterocycles. The van der Waals surface area contributed by atoms with Gasteiger partial charge in [0, 0.05) is 23.0 Å². The Hall–Kier alpha value is -4.07. The van der Waals surface area contributed by atoms with E-state index in [4.69, 9.17) is 0 Å². The lowest BCUT2D eigenvalue weighted by Crippen LogP contribution is -2.27. The van der Waals surface area contributed by atoms with Gasteiger partial charge >= 0.3 is 0 Å². The van der Waals surface area contributed by atoms with Gasteiger partial charge in [0.1, 0.15) is 12.4 Å². The van der Waals surface area contributed by atoms with Crippen molar-refractivity contribution in [2.75, 3.05) is 5.32 Å². The molecule has 8 heteroatoms. The number of benzene rings is 2. The van der Waals surface area contributed by atoms with Gasteiger partial charge in [-0.1, -0.05) is 31.2 Å². The Bertz CT molecular complexity index is 1360. The monoisotopic (exact) mass is 401 g/mol. The van der Waals surface area contributed by atoms with Gasteiger partial charge in [-0.05, 0) is 30.7 Å². The molecule has 2 aromatic carbocycles. The fourth-order valence-electron chi connectivity index (χ4n) is 3.14. The number of anilines is 1. The summed E-state index contributed by atoms with van der Waals surface area (Å²) >= 11 is 0. The van der Waals surface area contributed by atoms with Crippen LogP contribution in [0.3, 0.4) is 0 Å². The molecule has 0 spiro atoms. The number of para-hydroxylation sites is 1. The van der Waals surface area contributed by atoms with E-state index in [0.29, 0.717) is 40.1 Å². The first-order valence-corrected chi connectivity index (χ1v) is 9.48. The molecule has 0 radical (unpaired) electrons. The third kappa shape index (κ3) is 4.02. The number of hydrogen-bond donors (Lipinski definition) is 2. The first-order chi connectivity index (χ1) is 14.5. The van der Waals surface area contributed by atoms with E-state index in [-0.39, 0.29) is 23.6 Å². The lowest BCUT2D eigenvalue weighted by atomic mass is 10.1. The van der Waals surface area contributed by atoms with Crippen molar-refractivity contribution in [3.63, 3.8) is 0 Å². The molecule has 0 aliphatic heterocycles. The number of carbonyl (C=O) groups is 1. The predicted molar refractivity (Wildman–Crippen MR) is 114 cm³/mol. The predicted octanol–water partition coefficient (Wildman–Crippen LogP) is 2.35. The number of rotatable bonds is 5. The lowest BCUT2D eigenvalue weighted by Gasteiger charge is -2.09. The highest BCUT2D eigenvalue weighted by Gasteiger charge is 2.10. The standard InChI is InChI=1S/C22H19N5O3/c1-2-15-11-19(28)26-21(25-15)14-6-5-7-16(10-14)24-20(29)12-27-13-23-18-9-4-3-8-17(18)22(27)30/h3-11,13H,2,12H2,1H3,(H,24,29)(H,25,26,28). The van der Waals surface area contributed by atoms with E-state index >= 15 is 0 Å². The Kier molecular flexibility index (Phi) is 5.21. The van der Waals surface area contributed by atoms with E-state index in [2.05, 4.69) is 20.3 Å². The fraction of sp³-hybridized carbons (Fsp3) is 0.136. The number of amides is 1. The molecule has 30 heavy (non-hydrogen) atoms. The van der Waals surface area contributed by atoms with Gasteiger partial charge in [-0.2, -0.15) is 0 Å². The molecule has 0 fully saturated rings. The number of nitrogens with zero attached hydrogens (tertiary/aromatic N) is 3. The Morgan fingerprint density at radius 3 is 2.77 bits per heavy atom. The van der Waals surface area contributed by atoms with Gasteiger partial charge in [0.2, 0.25) is 5.91 Å². The molecule has 0 aliphatic rings. The van der Waals surface area contributed by atoms with Gasteiger partial charge in [-0.25, -0.2) is 9.97 Å². The second-order valence-electron chi connectivity index (χ2n) is 6.76. The molecule has 8 nitrogen and oxygen atoms in total. The van der Waals surface area contributed by atoms with Crippen LogP contribution in [0.5, 0.6) is 0 Å². The number of carbonyl (C=O) groups excluding carboxylic acids is 1. The minimum absolute atomic E-state index is 0.165. The van der Waals surface area contributed by atoms with Crippen molar-refractivity contribution in [1.82, 2.24) is 19.5 Å². The molecule has 2 heterocycles. The van der Waals surface area contributed by atoms with Crippen LogP contribution < -0.4 is 16.4 Å². The number of aromatic amines is 1. The molecule has 4 rings (SSSR count). The van der Waals surface area contributed by atoms with Crippen molar-refractivity contribution in [2.24, 2.45) is 0 Å². The van der Waals surface area contributed by atoms with Crippen molar-refractivity contribution in [3.05, 3.63) is 87.3 Å². The highest BCUT2D eigenvalue weighted by Crippen LogP contribution is 2.19. The van der Waals surface area contributed by atoms with E-state index < -0.39 is 0 Å². The number of fused-ring (bicyclic) bond motifs is 1. The summed E-state index contributed by atoms with van der Waals surface area (Å²) in [5.41, 5.74) is 1.97. The van der Waals surface area contributed by atoms with Crippen LogP contribution in [0.2, 0.25) is 0 Å². The summed E-state index contributed by atoms with van der Waals surface area (Å²) in [6.07, 6.45) is 2.01. The maximum Gasteiger partial charge on any atom is 0.261 e. The topological polar surface area (TPSA) is 110 Å². The van der Waals surface area contributed by atoms with Crippen molar-refractivity contribution >= 4 is 22.5 Å². The second kappa shape index (κ2) is 8.12. The average Bonchev–Trinajstić information content (AvgIpc) is 2.75. The average molecular weight is 401 g/mol. The highest BCUT2D eigenvalue weighted by atomic mass is 16.2. The molecule has 0 unspecified atom stereocenters. The van der Waals surface area contributed by atoms with Gasteiger partial charge < -0.3 is 10.3 Å². The maximum atomic E-state index is 12.5. The third-order valence-corrected chi connectivity index (χ3v) is 4.62. The number of nitrogens with one attached hydrogen (secondary N) is 2. The van der Waals surface area contributed by atoms with Crippen molar-refractivity contribution in [3.8, 4) is 11.4 Å². The molecule has 4 aromatic rings. The van der Waals surface area contributed by atoms with Gasteiger partial charge in [0.05, 0.1) is 17.2 Å². The largest absolute Gasteiger partial charge is 0.325 e. The summed E-state index contributed by atoms with van der Waals surface area (Å²) in [4.78, 5) is 48.2. The van der Waals surface area contributed by atoms with Gasteiger partial charge in [0.25, 0.3) is 11.1 Å². The van der Waals surface area contributed by atoms with E-state index in [1.807, 2.05) is 6.92 Å². The SMILES string of the molecule is CCc1cc(=O)[nH]c(-c2cccc(NC(=O)Cn3cnc4ccccc4c3=O)c2)n1. The van der Waals surface area contributed by atoms with Crippen molar-refractivity contribution in [2.45, 2.75) is 19.9 Å². The van der Waals surface area contributed by atoms with Crippen LogP contribution in [0.25, 0.3) is 22.3 Å². The van der Waals surface area contributed by atoms with Gasteiger partial charge in [-0.3, -0.25) is 19.0 Å². The quantitative estimate of drug-likeness (QED) is 0.533. The molecular weight excluding hydrogens is 382 g/mol. The Morgan fingerprint density at radius 1 is 1.10 bits per heavy atom. The van der Waals surface area contributed by atoms with Crippen molar-refractivity contribution in [1.29, 1.82) is 0 Å². The van der Waals surface area contributed by atoms with Crippen molar-refractivity contribution < 1.29 is 4.79 Å².